The summed E-state index contributed by atoms with van der Waals surface area (Å²) < 4.78 is 2.19. The van der Waals surface area contributed by atoms with Gasteiger partial charge in [0.25, 0.3) is 0 Å². The van der Waals surface area contributed by atoms with Gasteiger partial charge in [0.1, 0.15) is 11.3 Å². The Kier molecular flexibility index (Phi) is 3.61. The quantitative estimate of drug-likeness (QED) is 0.744. The Morgan fingerprint density at radius 3 is 3.17 bits per heavy atom. The third kappa shape index (κ3) is 2.63. The summed E-state index contributed by atoms with van der Waals surface area (Å²) in [5, 5.41) is 4.06. The van der Waals surface area contributed by atoms with Crippen molar-refractivity contribution < 1.29 is 4.79 Å². The van der Waals surface area contributed by atoms with Crippen molar-refractivity contribution in [1.29, 1.82) is 0 Å². The van der Waals surface area contributed by atoms with E-state index in [4.69, 9.17) is 0 Å². The number of fused-ring (bicyclic) bond motifs is 1. The molecule has 1 aliphatic heterocycles. The maximum absolute atomic E-state index is 12.5. The first-order chi connectivity index (χ1) is 11.2. The number of carbonyl (C=O) groups is 1. The number of hydrogen-bond acceptors (Lipinski definition) is 4. The van der Waals surface area contributed by atoms with Crippen molar-refractivity contribution in [3.8, 4) is 0 Å². The number of aryl methyl sites for hydroxylation is 1. The molecule has 1 amide bonds. The van der Waals surface area contributed by atoms with Gasteiger partial charge in [-0.1, -0.05) is 0 Å². The highest BCUT2D eigenvalue weighted by molar-refractivity contribution is 7.08. The van der Waals surface area contributed by atoms with E-state index in [0.717, 1.165) is 42.1 Å². The van der Waals surface area contributed by atoms with E-state index in [2.05, 4.69) is 14.5 Å². The lowest BCUT2D eigenvalue weighted by Gasteiger charge is -2.18. The molecule has 0 aliphatic carbocycles. The third-order valence-electron chi connectivity index (χ3n) is 4.44. The van der Waals surface area contributed by atoms with Gasteiger partial charge in [0, 0.05) is 19.3 Å². The molecule has 3 aromatic rings. The van der Waals surface area contributed by atoms with E-state index in [1.54, 1.807) is 17.5 Å². The van der Waals surface area contributed by atoms with Crippen LogP contribution in [0, 0.1) is 6.92 Å². The number of imidazole rings is 1. The number of nitrogens with zero attached hydrogens (tertiary/aromatic N) is 4. The first-order valence-corrected chi connectivity index (χ1v) is 8.75. The summed E-state index contributed by atoms with van der Waals surface area (Å²) in [6.45, 7) is 3.56. The maximum Gasteiger partial charge on any atom is 0.227 e. The Morgan fingerprint density at radius 2 is 2.35 bits per heavy atom. The van der Waals surface area contributed by atoms with Crippen molar-refractivity contribution in [3.05, 3.63) is 46.5 Å². The summed E-state index contributed by atoms with van der Waals surface area (Å²) in [6, 6.07) is 6.18. The average Bonchev–Trinajstić information content (AvgIpc) is 3.25. The minimum absolute atomic E-state index is 0.209. The second-order valence-electron chi connectivity index (χ2n) is 5.97. The maximum atomic E-state index is 12.5. The van der Waals surface area contributed by atoms with Gasteiger partial charge in [0.15, 0.2) is 5.65 Å². The molecule has 1 unspecified atom stereocenters. The second-order valence-corrected chi connectivity index (χ2v) is 6.75. The Bertz CT molecular complexity index is 840. The molecule has 0 bridgehead atoms. The van der Waals surface area contributed by atoms with Gasteiger partial charge in [-0.2, -0.15) is 11.3 Å². The van der Waals surface area contributed by atoms with Crippen LogP contribution >= 0.6 is 11.3 Å². The zero-order valence-corrected chi connectivity index (χ0v) is 13.8. The summed E-state index contributed by atoms with van der Waals surface area (Å²) >= 11 is 1.63. The first kappa shape index (κ1) is 14.4. The molecule has 1 saturated heterocycles. The van der Waals surface area contributed by atoms with Gasteiger partial charge in [0.2, 0.25) is 5.91 Å². The van der Waals surface area contributed by atoms with Crippen LogP contribution in [0.1, 0.15) is 23.9 Å². The van der Waals surface area contributed by atoms with Crippen LogP contribution in [0.25, 0.3) is 11.2 Å². The van der Waals surface area contributed by atoms with Gasteiger partial charge >= 0.3 is 0 Å². The molecule has 6 heteroatoms. The molecule has 1 aliphatic rings. The summed E-state index contributed by atoms with van der Waals surface area (Å²) in [5.74, 6) is 1.18. The lowest BCUT2D eigenvalue weighted by molar-refractivity contribution is -0.129. The van der Waals surface area contributed by atoms with Gasteiger partial charge in [-0.05, 0) is 47.9 Å². The average molecular weight is 326 g/mol. The normalized spacial score (nSPS) is 18.0. The fraction of sp³-hybridized carbons (Fsp3) is 0.353. The van der Waals surface area contributed by atoms with E-state index in [1.165, 1.54) is 0 Å². The third-order valence-corrected chi connectivity index (χ3v) is 5.17. The predicted octanol–water partition coefficient (Wildman–Crippen LogP) is 2.82. The molecule has 0 radical (unpaired) electrons. The minimum atomic E-state index is 0.209. The molecule has 4 heterocycles. The number of carbonyl (C=O) groups excluding carboxylic acids is 1. The van der Waals surface area contributed by atoms with Crippen molar-refractivity contribution in [2.45, 2.75) is 25.8 Å². The van der Waals surface area contributed by atoms with Crippen molar-refractivity contribution in [2.75, 3.05) is 13.1 Å². The molecule has 118 valence electrons. The minimum Gasteiger partial charge on any atom is -0.340 e. The number of aromatic nitrogens is 3. The van der Waals surface area contributed by atoms with E-state index in [9.17, 15) is 4.79 Å². The second kappa shape index (κ2) is 5.77. The van der Waals surface area contributed by atoms with Crippen LogP contribution in [0.4, 0.5) is 0 Å². The molecular weight excluding hydrogens is 308 g/mol. The van der Waals surface area contributed by atoms with Crippen molar-refractivity contribution in [1.82, 2.24) is 19.4 Å². The largest absolute Gasteiger partial charge is 0.340 e. The van der Waals surface area contributed by atoms with Gasteiger partial charge in [0.05, 0.1) is 12.5 Å². The fourth-order valence-corrected chi connectivity index (χ4v) is 4.01. The molecule has 23 heavy (non-hydrogen) atoms. The highest BCUT2D eigenvalue weighted by atomic mass is 32.1. The fourth-order valence-electron chi connectivity index (χ4n) is 3.34. The van der Waals surface area contributed by atoms with Crippen LogP contribution in [-0.2, 0) is 11.2 Å². The number of likely N-dealkylation sites (tertiary alicyclic amines) is 1. The number of thiophene rings is 1. The molecule has 0 spiro atoms. The van der Waals surface area contributed by atoms with E-state index >= 15 is 0 Å². The Labute approximate surface area is 138 Å². The molecular formula is C17H18N4OS. The van der Waals surface area contributed by atoms with E-state index < -0.39 is 0 Å². The number of pyridine rings is 1. The molecule has 5 nitrogen and oxygen atoms in total. The van der Waals surface area contributed by atoms with E-state index in [0.29, 0.717) is 6.42 Å². The zero-order valence-electron chi connectivity index (χ0n) is 13.0. The van der Waals surface area contributed by atoms with Gasteiger partial charge < -0.3 is 9.47 Å². The van der Waals surface area contributed by atoms with E-state index in [-0.39, 0.29) is 11.9 Å². The predicted molar refractivity (Wildman–Crippen MR) is 90.5 cm³/mol. The smallest absolute Gasteiger partial charge is 0.227 e. The lowest BCUT2D eigenvalue weighted by atomic mass is 10.2. The SMILES string of the molecule is Cc1nc2cccnc2n1C1CCN(C(=O)Cc2ccsc2)C1. The lowest BCUT2D eigenvalue weighted by Crippen LogP contribution is -2.30. The van der Waals surface area contributed by atoms with Crippen LogP contribution in [0.2, 0.25) is 0 Å². The van der Waals surface area contributed by atoms with Crippen molar-refractivity contribution >= 4 is 28.4 Å². The Morgan fingerprint density at radius 1 is 1.43 bits per heavy atom. The van der Waals surface area contributed by atoms with Crippen molar-refractivity contribution in [2.24, 2.45) is 0 Å². The summed E-state index contributed by atoms with van der Waals surface area (Å²) in [6.07, 6.45) is 3.25. The van der Waals surface area contributed by atoms with Gasteiger partial charge in [-0.3, -0.25) is 4.79 Å². The zero-order chi connectivity index (χ0) is 15.8. The summed E-state index contributed by atoms with van der Waals surface area (Å²) in [7, 11) is 0. The molecule has 1 fully saturated rings. The highest BCUT2D eigenvalue weighted by Crippen LogP contribution is 2.27. The number of hydrogen-bond donors (Lipinski definition) is 0. The Hall–Kier alpha value is -2.21. The standard InChI is InChI=1S/C17H18N4OS/c1-12-19-15-3-2-6-18-17(15)21(12)14-4-7-20(10-14)16(22)9-13-5-8-23-11-13/h2-3,5-6,8,11,14H,4,7,9-10H2,1H3. The topological polar surface area (TPSA) is 51.0 Å². The van der Waals surface area contributed by atoms with Crippen LogP contribution in [0.15, 0.2) is 35.2 Å². The molecule has 3 aromatic heterocycles. The molecule has 0 aromatic carbocycles. The van der Waals surface area contributed by atoms with Crippen LogP contribution in [0.5, 0.6) is 0 Å². The first-order valence-electron chi connectivity index (χ1n) is 7.81. The number of rotatable bonds is 3. The van der Waals surface area contributed by atoms with Crippen LogP contribution in [-0.4, -0.2) is 38.4 Å². The van der Waals surface area contributed by atoms with Gasteiger partial charge in [-0.25, -0.2) is 9.97 Å². The summed E-state index contributed by atoms with van der Waals surface area (Å²) in [4.78, 5) is 23.5. The number of amides is 1. The molecule has 1 atom stereocenters. The van der Waals surface area contributed by atoms with Crippen LogP contribution < -0.4 is 0 Å². The molecule has 0 saturated carbocycles. The molecule has 4 rings (SSSR count). The van der Waals surface area contributed by atoms with Gasteiger partial charge in [-0.15, -0.1) is 0 Å². The van der Waals surface area contributed by atoms with Crippen molar-refractivity contribution in [3.63, 3.8) is 0 Å². The van der Waals surface area contributed by atoms with E-state index in [1.807, 2.05) is 40.8 Å². The monoisotopic (exact) mass is 326 g/mol. The highest BCUT2D eigenvalue weighted by Gasteiger charge is 2.29. The summed E-state index contributed by atoms with van der Waals surface area (Å²) in [5.41, 5.74) is 2.95. The van der Waals surface area contributed by atoms with Crippen LogP contribution in [0.3, 0.4) is 0 Å². The Balaban J connectivity index is 1.53. The molecule has 0 N–H and O–H groups in total.